The summed E-state index contributed by atoms with van der Waals surface area (Å²) in [5.74, 6) is 1.80. The van der Waals surface area contributed by atoms with E-state index in [1.54, 1.807) is 0 Å². The quantitative estimate of drug-likeness (QED) is 0.602. The van der Waals surface area contributed by atoms with Gasteiger partial charge in [-0.05, 0) is 19.8 Å². The van der Waals surface area contributed by atoms with Gasteiger partial charge < -0.3 is 14.7 Å². The van der Waals surface area contributed by atoms with E-state index in [1.165, 1.54) is 12.8 Å². The van der Waals surface area contributed by atoms with Crippen LogP contribution in [0.2, 0.25) is 0 Å². The third kappa shape index (κ3) is 2.53. The first-order chi connectivity index (χ1) is 7.79. The van der Waals surface area contributed by atoms with Crippen molar-refractivity contribution in [1.29, 1.82) is 0 Å². The fourth-order valence-electron chi connectivity index (χ4n) is 1.93. The molecule has 16 heavy (non-hydrogen) atoms. The summed E-state index contributed by atoms with van der Waals surface area (Å²) < 4.78 is 5.14. The van der Waals surface area contributed by atoms with Crippen molar-refractivity contribution in [2.24, 2.45) is 4.99 Å². The van der Waals surface area contributed by atoms with Crippen LogP contribution in [-0.2, 0) is 6.54 Å². The smallest absolute Gasteiger partial charge is 0.194 e. The number of aromatic nitrogens is 1. The summed E-state index contributed by atoms with van der Waals surface area (Å²) in [4.78, 5) is 6.53. The lowest BCUT2D eigenvalue weighted by molar-refractivity contribution is 0.373. The normalized spacial score (nSPS) is 16.9. The van der Waals surface area contributed by atoms with Crippen molar-refractivity contribution < 1.29 is 4.52 Å². The molecule has 0 atom stereocenters. The average Bonchev–Trinajstić information content (AvgIpc) is 2.91. The van der Waals surface area contributed by atoms with Gasteiger partial charge in [-0.15, -0.1) is 0 Å². The van der Waals surface area contributed by atoms with Gasteiger partial charge in [-0.2, -0.15) is 0 Å². The van der Waals surface area contributed by atoms with Gasteiger partial charge in [0.2, 0.25) is 0 Å². The van der Waals surface area contributed by atoms with Crippen LogP contribution in [0.5, 0.6) is 0 Å². The predicted octanol–water partition coefficient (Wildman–Crippen LogP) is 1.15. The van der Waals surface area contributed by atoms with E-state index in [0.717, 1.165) is 30.5 Å². The molecule has 88 valence electrons. The van der Waals surface area contributed by atoms with Gasteiger partial charge in [0.05, 0.1) is 12.2 Å². The number of guanidine groups is 1. The van der Waals surface area contributed by atoms with Crippen LogP contribution in [0.1, 0.15) is 24.3 Å². The molecule has 1 aromatic heterocycles. The zero-order valence-electron chi connectivity index (χ0n) is 9.86. The summed E-state index contributed by atoms with van der Waals surface area (Å²) in [6, 6.07) is 1.93. The van der Waals surface area contributed by atoms with Crippen LogP contribution >= 0.6 is 0 Å². The molecule has 2 heterocycles. The minimum Gasteiger partial charge on any atom is -0.359 e. The van der Waals surface area contributed by atoms with Crippen LogP contribution in [0.25, 0.3) is 0 Å². The van der Waals surface area contributed by atoms with E-state index >= 15 is 0 Å². The molecule has 0 saturated carbocycles. The fourth-order valence-corrected chi connectivity index (χ4v) is 1.93. The lowest BCUT2D eigenvalue weighted by atomic mass is 10.4. The Kier molecular flexibility index (Phi) is 3.44. The number of likely N-dealkylation sites (tertiary alicyclic amines) is 1. The Morgan fingerprint density at radius 3 is 2.88 bits per heavy atom. The molecule has 0 unspecified atom stereocenters. The van der Waals surface area contributed by atoms with Crippen LogP contribution < -0.4 is 5.32 Å². The molecule has 0 radical (unpaired) electrons. The summed E-state index contributed by atoms with van der Waals surface area (Å²) in [5.41, 5.74) is 0.910. The van der Waals surface area contributed by atoms with Crippen LogP contribution in [0.4, 0.5) is 0 Å². The monoisotopic (exact) mass is 222 g/mol. The van der Waals surface area contributed by atoms with Crippen molar-refractivity contribution in [2.45, 2.75) is 26.3 Å². The van der Waals surface area contributed by atoms with Gasteiger partial charge in [-0.25, -0.2) is 0 Å². The van der Waals surface area contributed by atoms with E-state index < -0.39 is 0 Å². The molecule has 0 spiro atoms. The summed E-state index contributed by atoms with van der Waals surface area (Å²) in [5, 5.41) is 7.13. The average molecular weight is 222 g/mol. The van der Waals surface area contributed by atoms with E-state index in [9.17, 15) is 0 Å². The van der Waals surface area contributed by atoms with Gasteiger partial charge in [0, 0.05) is 26.2 Å². The zero-order chi connectivity index (χ0) is 11.4. The first-order valence-electron chi connectivity index (χ1n) is 5.67. The second kappa shape index (κ2) is 5.01. The summed E-state index contributed by atoms with van der Waals surface area (Å²) in [6.45, 7) is 4.75. The topological polar surface area (TPSA) is 53.7 Å². The van der Waals surface area contributed by atoms with Crippen molar-refractivity contribution in [2.75, 3.05) is 20.1 Å². The molecule has 0 bridgehead atoms. The Bertz CT molecular complexity index is 366. The summed E-state index contributed by atoms with van der Waals surface area (Å²) >= 11 is 0. The van der Waals surface area contributed by atoms with E-state index in [1.807, 2.05) is 20.0 Å². The summed E-state index contributed by atoms with van der Waals surface area (Å²) in [6.07, 6.45) is 2.50. The highest BCUT2D eigenvalue weighted by molar-refractivity contribution is 5.80. The highest BCUT2D eigenvalue weighted by Gasteiger charge is 2.15. The Labute approximate surface area is 95.5 Å². The maximum Gasteiger partial charge on any atom is 0.194 e. The molecule has 0 amide bonds. The predicted molar refractivity (Wildman–Crippen MR) is 62.2 cm³/mol. The van der Waals surface area contributed by atoms with Crippen LogP contribution in [0.15, 0.2) is 15.6 Å². The van der Waals surface area contributed by atoms with E-state index in [4.69, 9.17) is 4.52 Å². The zero-order valence-corrected chi connectivity index (χ0v) is 9.86. The standard InChI is InChI=1S/C11H18N4O/c1-9-7-10(16-14-9)8-13-11(12-2)15-5-3-4-6-15/h7H,3-6,8H2,1-2H3,(H,12,13). The molecule has 2 rings (SSSR count). The highest BCUT2D eigenvalue weighted by atomic mass is 16.5. The first-order valence-corrected chi connectivity index (χ1v) is 5.67. The van der Waals surface area contributed by atoms with Gasteiger partial charge in [0.15, 0.2) is 11.7 Å². The molecule has 5 nitrogen and oxygen atoms in total. The molecule has 0 aromatic carbocycles. The summed E-state index contributed by atoms with van der Waals surface area (Å²) in [7, 11) is 1.81. The molecule has 1 aromatic rings. The van der Waals surface area contributed by atoms with Crippen LogP contribution in [-0.4, -0.2) is 36.2 Å². The number of hydrogen-bond donors (Lipinski definition) is 1. The Morgan fingerprint density at radius 1 is 1.56 bits per heavy atom. The SMILES string of the molecule is CN=C(NCc1cc(C)no1)N1CCCC1. The first kappa shape index (κ1) is 11.0. The van der Waals surface area contributed by atoms with Gasteiger partial charge in [-0.1, -0.05) is 5.16 Å². The highest BCUT2D eigenvalue weighted by Crippen LogP contribution is 2.08. The third-order valence-electron chi connectivity index (χ3n) is 2.71. The van der Waals surface area contributed by atoms with E-state index in [0.29, 0.717) is 6.54 Å². The van der Waals surface area contributed by atoms with Gasteiger partial charge >= 0.3 is 0 Å². The minimum absolute atomic E-state index is 0.643. The minimum atomic E-state index is 0.643. The molecule has 5 heteroatoms. The number of aryl methyl sites for hydroxylation is 1. The lowest BCUT2D eigenvalue weighted by Crippen LogP contribution is -2.39. The lowest BCUT2D eigenvalue weighted by Gasteiger charge is -2.20. The fraction of sp³-hybridized carbons (Fsp3) is 0.636. The Morgan fingerprint density at radius 2 is 2.31 bits per heavy atom. The number of nitrogens with one attached hydrogen (secondary N) is 1. The van der Waals surface area contributed by atoms with Crippen molar-refractivity contribution >= 4 is 5.96 Å². The van der Waals surface area contributed by atoms with Crippen molar-refractivity contribution in [3.05, 3.63) is 17.5 Å². The Hall–Kier alpha value is -1.52. The number of hydrogen-bond acceptors (Lipinski definition) is 3. The number of aliphatic imine (C=N–C) groups is 1. The van der Waals surface area contributed by atoms with E-state index in [-0.39, 0.29) is 0 Å². The molecule has 1 fully saturated rings. The molecular weight excluding hydrogens is 204 g/mol. The number of nitrogens with zero attached hydrogens (tertiary/aromatic N) is 3. The van der Waals surface area contributed by atoms with Crippen molar-refractivity contribution in [1.82, 2.24) is 15.4 Å². The second-order valence-electron chi connectivity index (χ2n) is 4.03. The molecule has 1 N–H and O–H groups in total. The largest absolute Gasteiger partial charge is 0.359 e. The Balaban J connectivity index is 1.88. The van der Waals surface area contributed by atoms with Crippen LogP contribution in [0.3, 0.4) is 0 Å². The molecule has 1 aliphatic rings. The molecule has 1 saturated heterocycles. The van der Waals surface area contributed by atoms with E-state index in [2.05, 4.69) is 20.4 Å². The third-order valence-corrected chi connectivity index (χ3v) is 2.71. The van der Waals surface area contributed by atoms with Gasteiger partial charge in [-0.3, -0.25) is 4.99 Å². The molecule has 1 aliphatic heterocycles. The van der Waals surface area contributed by atoms with Gasteiger partial charge in [0.1, 0.15) is 0 Å². The molecular formula is C11H18N4O. The second-order valence-corrected chi connectivity index (χ2v) is 4.03. The van der Waals surface area contributed by atoms with Crippen LogP contribution in [0, 0.1) is 6.92 Å². The maximum absolute atomic E-state index is 5.14. The van der Waals surface area contributed by atoms with Crippen molar-refractivity contribution in [3.8, 4) is 0 Å². The maximum atomic E-state index is 5.14. The number of rotatable bonds is 2. The molecule has 0 aliphatic carbocycles. The van der Waals surface area contributed by atoms with Crippen molar-refractivity contribution in [3.63, 3.8) is 0 Å². The van der Waals surface area contributed by atoms with Gasteiger partial charge in [0.25, 0.3) is 0 Å².